The van der Waals surface area contributed by atoms with Crippen LogP contribution in [0.1, 0.15) is 22.3 Å². The molecule has 3 nitrogen and oxygen atoms in total. The molecule has 1 aliphatic carbocycles. The third-order valence-corrected chi connectivity index (χ3v) is 13.4. The molecule has 0 unspecified atom stereocenters. The summed E-state index contributed by atoms with van der Waals surface area (Å²) in [5.41, 5.74) is 14.1. The number of nitrogens with zero attached hydrogens (tertiary/aromatic N) is 2. The van der Waals surface area contributed by atoms with Crippen LogP contribution in [0.4, 0.5) is 42.9 Å². The maximum absolute atomic E-state index is 14.2. The zero-order valence-corrected chi connectivity index (χ0v) is 33.4. The minimum Gasteiger partial charge on any atom is -0.456 e. The smallest absolute Gasteiger partial charge is 0.135 e. The van der Waals surface area contributed by atoms with Crippen LogP contribution >= 0.6 is 11.8 Å². The molecule has 0 saturated carbocycles. The second-order valence-corrected chi connectivity index (χ2v) is 16.6. The standard InChI is InChI=1S/C55H34F2N2OS/c56-35-21-25-38(26-22-35)58(39-27-23-36(57)24-28-39)40-29-31-51-44(33-40)45-34-41(30-32-52(45)60-51)59(37-11-2-1-3-12-37)50-19-10-18-49-54(50)61-53-20-9-8-17-48(53)55(49)46-15-6-4-13-42(46)43-14-5-7-16-47(43)55/h1-34H. The fourth-order valence-corrected chi connectivity index (χ4v) is 11.0. The topological polar surface area (TPSA) is 19.6 Å². The Morgan fingerprint density at radius 2 is 0.869 bits per heavy atom. The van der Waals surface area contributed by atoms with Gasteiger partial charge >= 0.3 is 0 Å². The average Bonchev–Trinajstić information content (AvgIpc) is 3.82. The first-order chi connectivity index (χ1) is 30.1. The van der Waals surface area contributed by atoms with Gasteiger partial charge in [0.1, 0.15) is 22.8 Å². The zero-order chi connectivity index (χ0) is 40.7. The SMILES string of the molecule is Fc1ccc(N(c2ccc(F)cc2)c2ccc3oc4ccc(N(c5ccccc5)c5cccc6c5Sc5ccccc5C65c6ccccc6-c6ccccc65)cc4c3c2)cc1. The highest BCUT2D eigenvalue weighted by molar-refractivity contribution is 7.99. The molecule has 1 aromatic heterocycles. The quantitative estimate of drug-likeness (QED) is 0.167. The van der Waals surface area contributed by atoms with Crippen molar-refractivity contribution in [3.8, 4) is 11.1 Å². The maximum atomic E-state index is 14.2. The number of furan rings is 1. The molecule has 0 N–H and O–H groups in total. The first kappa shape index (κ1) is 35.5. The van der Waals surface area contributed by atoms with E-state index in [0.717, 1.165) is 56.1 Å². The molecule has 2 aliphatic rings. The highest BCUT2D eigenvalue weighted by Gasteiger charge is 2.50. The zero-order valence-electron chi connectivity index (χ0n) is 32.6. The van der Waals surface area contributed by atoms with Crippen LogP contribution in [-0.4, -0.2) is 0 Å². The van der Waals surface area contributed by atoms with Gasteiger partial charge in [-0.2, -0.15) is 0 Å². The van der Waals surface area contributed by atoms with Gasteiger partial charge in [-0.15, -0.1) is 0 Å². The van der Waals surface area contributed by atoms with Crippen molar-refractivity contribution in [3.63, 3.8) is 0 Å². The van der Waals surface area contributed by atoms with Gasteiger partial charge in [0.25, 0.3) is 0 Å². The molecule has 12 rings (SSSR count). The Morgan fingerprint density at radius 3 is 1.48 bits per heavy atom. The van der Waals surface area contributed by atoms with Gasteiger partial charge in [0, 0.05) is 49.0 Å². The van der Waals surface area contributed by atoms with E-state index in [1.807, 2.05) is 28.8 Å². The Labute approximate surface area is 355 Å². The third-order valence-electron chi connectivity index (χ3n) is 12.2. The summed E-state index contributed by atoms with van der Waals surface area (Å²) in [7, 11) is 0. The summed E-state index contributed by atoms with van der Waals surface area (Å²) >= 11 is 1.83. The number of hydrogen-bond donors (Lipinski definition) is 0. The van der Waals surface area contributed by atoms with Crippen LogP contribution in [0.3, 0.4) is 0 Å². The normalized spacial score (nSPS) is 13.1. The minimum absolute atomic E-state index is 0.329. The number of benzene rings is 9. The predicted molar refractivity (Wildman–Crippen MR) is 244 cm³/mol. The maximum Gasteiger partial charge on any atom is 0.135 e. The summed E-state index contributed by atoms with van der Waals surface area (Å²) in [6.45, 7) is 0. The fraction of sp³-hybridized carbons (Fsp3) is 0.0182. The highest BCUT2D eigenvalue weighted by Crippen LogP contribution is 2.64. The molecular weight excluding hydrogens is 775 g/mol. The van der Waals surface area contributed by atoms with Gasteiger partial charge in [0.2, 0.25) is 0 Å². The lowest BCUT2D eigenvalue weighted by molar-refractivity contribution is 0.628. The molecule has 0 radical (unpaired) electrons. The van der Waals surface area contributed by atoms with E-state index in [9.17, 15) is 8.78 Å². The number of para-hydroxylation sites is 1. The Bertz CT molecular complexity index is 3230. The van der Waals surface area contributed by atoms with E-state index in [0.29, 0.717) is 0 Å². The van der Waals surface area contributed by atoms with Gasteiger partial charge in [-0.25, -0.2) is 8.78 Å². The van der Waals surface area contributed by atoms with E-state index in [1.165, 1.54) is 67.4 Å². The second kappa shape index (κ2) is 13.8. The van der Waals surface area contributed by atoms with Crippen LogP contribution in [0.25, 0.3) is 33.1 Å². The predicted octanol–water partition coefficient (Wildman–Crippen LogP) is 15.6. The average molecular weight is 809 g/mol. The van der Waals surface area contributed by atoms with Crippen LogP contribution in [0.2, 0.25) is 0 Å². The molecule has 290 valence electrons. The van der Waals surface area contributed by atoms with Gasteiger partial charge in [0.15, 0.2) is 0 Å². The van der Waals surface area contributed by atoms with Gasteiger partial charge in [-0.05, 0) is 143 Å². The van der Waals surface area contributed by atoms with Crippen molar-refractivity contribution in [2.24, 2.45) is 0 Å². The molecule has 6 heteroatoms. The molecule has 0 amide bonds. The molecule has 0 fully saturated rings. The lowest BCUT2D eigenvalue weighted by Gasteiger charge is -2.41. The summed E-state index contributed by atoms with van der Waals surface area (Å²) < 4.78 is 34.8. The number of rotatable bonds is 6. The molecule has 9 aromatic carbocycles. The molecule has 1 spiro atoms. The summed E-state index contributed by atoms with van der Waals surface area (Å²) in [6.07, 6.45) is 0. The van der Waals surface area contributed by atoms with Crippen molar-refractivity contribution in [1.29, 1.82) is 0 Å². The Kier molecular flexibility index (Phi) is 8.06. The van der Waals surface area contributed by atoms with Crippen molar-refractivity contribution < 1.29 is 13.2 Å². The summed E-state index contributed by atoms with van der Waals surface area (Å²) in [5.74, 6) is -0.658. The van der Waals surface area contributed by atoms with E-state index in [2.05, 4.69) is 150 Å². The van der Waals surface area contributed by atoms with Crippen molar-refractivity contribution in [3.05, 3.63) is 240 Å². The number of anilines is 6. The largest absolute Gasteiger partial charge is 0.456 e. The molecule has 61 heavy (non-hydrogen) atoms. The monoisotopic (exact) mass is 808 g/mol. The van der Waals surface area contributed by atoms with Crippen molar-refractivity contribution in [2.75, 3.05) is 9.80 Å². The van der Waals surface area contributed by atoms with Crippen LogP contribution in [-0.2, 0) is 5.41 Å². The number of fused-ring (bicyclic) bond motifs is 12. The summed E-state index contributed by atoms with van der Waals surface area (Å²) in [4.78, 5) is 6.80. The lowest BCUT2D eigenvalue weighted by atomic mass is 9.67. The summed E-state index contributed by atoms with van der Waals surface area (Å²) in [6, 6.07) is 69.2. The van der Waals surface area contributed by atoms with E-state index < -0.39 is 5.41 Å². The Balaban J connectivity index is 1.07. The van der Waals surface area contributed by atoms with Gasteiger partial charge in [-0.3, -0.25) is 0 Å². The van der Waals surface area contributed by atoms with Crippen molar-refractivity contribution >= 4 is 67.8 Å². The molecule has 0 atom stereocenters. The molecule has 1 aliphatic heterocycles. The third kappa shape index (κ3) is 5.42. The van der Waals surface area contributed by atoms with Crippen molar-refractivity contribution in [1.82, 2.24) is 0 Å². The highest BCUT2D eigenvalue weighted by atomic mass is 32.2. The van der Waals surface area contributed by atoms with E-state index in [-0.39, 0.29) is 11.6 Å². The lowest BCUT2D eigenvalue weighted by Crippen LogP contribution is -2.32. The van der Waals surface area contributed by atoms with Gasteiger partial charge in [0.05, 0.1) is 11.1 Å². The van der Waals surface area contributed by atoms with Gasteiger partial charge < -0.3 is 14.2 Å². The second-order valence-electron chi connectivity index (χ2n) is 15.5. The van der Waals surface area contributed by atoms with Gasteiger partial charge in [-0.1, -0.05) is 109 Å². The van der Waals surface area contributed by atoms with E-state index >= 15 is 0 Å². The fourth-order valence-electron chi connectivity index (χ4n) is 9.70. The van der Waals surface area contributed by atoms with E-state index in [1.54, 1.807) is 24.3 Å². The Morgan fingerprint density at radius 1 is 0.393 bits per heavy atom. The minimum atomic E-state index is -0.509. The Hall–Kier alpha value is -7.41. The molecule has 2 heterocycles. The number of hydrogen-bond acceptors (Lipinski definition) is 4. The van der Waals surface area contributed by atoms with E-state index in [4.69, 9.17) is 4.42 Å². The molecule has 0 bridgehead atoms. The van der Waals surface area contributed by atoms with Crippen LogP contribution in [0, 0.1) is 11.6 Å². The molecular formula is C55H34F2N2OS. The summed E-state index contributed by atoms with van der Waals surface area (Å²) in [5, 5.41) is 1.87. The van der Waals surface area contributed by atoms with Crippen LogP contribution in [0.15, 0.2) is 220 Å². The first-order valence-corrected chi connectivity index (χ1v) is 21.1. The molecule has 10 aromatic rings. The van der Waals surface area contributed by atoms with Crippen molar-refractivity contribution in [2.45, 2.75) is 15.2 Å². The van der Waals surface area contributed by atoms with Crippen LogP contribution in [0.5, 0.6) is 0 Å². The van der Waals surface area contributed by atoms with Crippen LogP contribution < -0.4 is 9.80 Å². The first-order valence-electron chi connectivity index (χ1n) is 20.3. The molecule has 0 saturated heterocycles. The number of halogens is 2.